The fourth-order valence-corrected chi connectivity index (χ4v) is 1.72. The van der Waals surface area contributed by atoms with Crippen molar-refractivity contribution in [3.05, 3.63) is 34.3 Å². The van der Waals surface area contributed by atoms with E-state index in [4.69, 9.17) is 4.74 Å². The Hall–Kier alpha value is -1.03. The first-order valence-electron chi connectivity index (χ1n) is 6.00. The monoisotopic (exact) mass is 313 g/mol. The van der Waals surface area contributed by atoms with Gasteiger partial charge in [0.05, 0.1) is 0 Å². The lowest BCUT2D eigenvalue weighted by Crippen LogP contribution is -2.34. The molecule has 100 valence electrons. The van der Waals surface area contributed by atoms with Gasteiger partial charge in [-0.15, -0.1) is 0 Å². The van der Waals surface area contributed by atoms with Crippen molar-refractivity contribution in [3.63, 3.8) is 0 Å². The zero-order valence-corrected chi connectivity index (χ0v) is 12.9. The molecule has 0 radical (unpaired) electrons. The zero-order valence-electron chi connectivity index (χ0n) is 11.3. The van der Waals surface area contributed by atoms with Gasteiger partial charge in [0.25, 0.3) is 0 Å². The number of carbonyl (C=O) groups excluding carboxylic acids is 1. The first-order chi connectivity index (χ1) is 8.28. The molecule has 1 N–H and O–H groups in total. The quantitative estimate of drug-likeness (QED) is 0.913. The minimum absolute atomic E-state index is 0.255. The van der Waals surface area contributed by atoms with Gasteiger partial charge in [-0.2, -0.15) is 0 Å². The highest BCUT2D eigenvalue weighted by atomic mass is 79.9. The predicted molar refractivity (Wildman–Crippen MR) is 76.8 cm³/mol. The van der Waals surface area contributed by atoms with Gasteiger partial charge < -0.3 is 10.1 Å². The minimum Gasteiger partial charge on any atom is -0.444 e. The molecule has 1 rings (SSSR count). The molecule has 0 heterocycles. The van der Waals surface area contributed by atoms with Crippen LogP contribution in [0.2, 0.25) is 0 Å². The number of benzene rings is 1. The third-order valence-corrected chi connectivity index (χ3v) is 2.92. The third kappa shape index (κ3) is 5.54. The number of halogens is 1. The Morgan fingerprint density at radius 3 is 2.39 bits per heavy atom. The molecule has 0 aliphatic carbocycles. The van der Waals surface area contributed by atoms with E-state index in [0.29, 0.717) is 6.54 Å². The number of carbonyl (C=O) groups is 1. The summed E-state index contributed by atoms with van der Waals surface area (Å²) in [6.07, 6.45) is -0.369. The molecular weight excluding hydrogens is 294 g/mol. The van der Waals surface area contributed by atoms with E-state index in [-0.39, 0.29) is 12.0 Å². The van der Waals surface area contributed by atoms with Crippen molar-refractivity contribution in [2.45, 2.75) is 39.2 Å². The van der Waals surface area contributed by atoms with Gasteiger partial charge in [-0.1, -0.05) is 35.0 Å². The Balaban J connectivity index is 2.44. The molecule has 1 aromatic carbocycles. The van der Waals surface area contributed by atoms with Crippen LogP contribution < -0.4 is 5.32 Å². The molecular formula is C14H20BrNO2. The molecule has 1 aromatic rings. The van der Waals surface area contributed by atoms with Crippen molar-refractivity contribution in [2.24, 2.45) is 0 Å². The Labute approximate surface area is 117 Å². The van der Waals surface area contributed by atoms with Crippen LogP contribution >= 0.6 is 15.9 Å². The van der Waals surface area contributed by atoms with Gasteiger partial charge in [0, 0.05) is 11.0 Å². The Morgan fingerprint density at radius 2 is 1.89 bits per heavy atom. The molecule has 0 aliphatic rings. The third-order valence-electron chi connectivity index (χ3n) is 2.39. The molecule has 1 atom stereocenters. The van der Waals surface area contributed by atoms with E-state index in [9.17, 15) is 4.79 Å². The molecule has 0 aliphatic heterocycles. The zero-order chi connectivity index (χ0) is 13.8. The maximum Gasteiger partial charge on any atom is 0.407 e. The van der Waals surface area contributed by atoms with E-state index < -0.39 is 5.60 Å². The first-order valence-corrected chi connectivity index (χ1v) is 6.79. The van der Waals surface area contributed by atoms with Gasteiger partial charge in [-0.25, -0.2) is 4.79 Å². The molecule has 0 fully saturated rings. The Morgan fingerprint density at radius 1 is 1.33 bits per heavy atom. The SMILES string of the molecule is C[C@@H](CNC(=O)OC(C)(C)C)c1ccc(Br)cc1. The smallest absolute Gasteiger partial charge is 0.407 e. The number of alkyl carbamates (subject to hydrolysis) is 1. The molecule has 18 heavy (non-hydrogen) atoms. The van der Waals surface area contributed by atoms with Crippen LogP contribution in [0.3, 0.4) is 0 Å². The highest BCUT2D eigenvalue weighted by molar-refractivity contribution is 9.10. The molecule has 0 bridgehead atoms. The van der Waals surface area contributed by atoms with Crippen molar-refractivity contribution in [1.29, 1.82) is 0 Å². The van der Waals surface area contributed by atoms with Crippen molar-refractivity contribution in [3.8, 4) is 0 Å². The molecule has 0 unspecified atom stereocenters. The second kappa shape index (κ2) is 6.23. The summed E-state index contributed by atoms with van der Waals surface area (Å²) in [6.45, 7) is 8.19. The topological polar surface area (TPSA) is 38.3 Å². The fraction of sp³-hybridized carbons (Fsp3) is 0.500. The van der Waals surface area contributed by atoms with E-state index in [1.165, 1.54) is 5.56 Å². The summed E-state index contributed by atoms with van der Waals surface area (Å²) in [5.41, 5.74) is 0.736. The van der Waals surface area contributed by atoms with E-state index in [1.807, 2.05) is 45.0 Å². The summed E-state index contributed by atoms with van der Waals surface area (Å²) in [7, 11) is 0. The lowest BCUT2D eigenvalue weighted by molar-refractivity contribution is 0.0525. The average Bonchev–Trinajstić information content (AvgIpc) is 2.24. The number of hydrogen-bond acceptors (Lipinski definition) is 2. The van der Waals surface area contributed by atoms with E-state index in [0.717, 1.165) is 4.47 Å². The number of amides is 1. The van der Waals surface area contributed by atoms with Crippen molar-refractivity contribution in [2.75, 3.05) is 6.54 Å². The summed E-state index contributed by atoms with van der Waals surface area (Å²) in [6, 6.07) is 8.09. The highest BCUT2D eigenvalue weighted by Gasteiger charge is 2.16. The summed E-state index contributed by atoms with van der Waals surface area (Å²) in [5.74, 6) is 0.255. The number of hydrogen-bond donors (Lipinski definition) is 1. The van der Waals surface area contributed by atoms with Gasteiger partial charge in [0.15, 0.2) is 0 Å². The van der Waals surface area contributed by atoms with Crippen LogP contribution in [0.25, 0.3) is 0 Å². The predicted octanol–water partition coefficient (Wildman–Crippen LogP) is 4.08. The van der Waals surface area contributed by atoms with Crippen LogP contribution in [0, 0.1) is 0 Å². The summed E-state index contributed by atoms with van der Waals surface area (Å²) >= 11 is 3.40. The lowest BCUT2D eigenvalue weighted by atomic mass is 10.0. The second-order valence-corrected chi connectivity index (χ2v) is 6.25. The van der Waals surface area contributed by atoms with Crippen LogP contribution in [0.1, 0.15) is 39.2 Å². The van der Waals surface area contributed by atoms with Gasteiger partial charge >= 0.3 is 6.09 Å². The molecule has 0 saturated heterocycles. The summed E-state index contributed by atoms with van der Waals surface area (Å²) < 4.78 is 6.24. The van der Waals surface area contributed by atoms with Gasteiger partial charge in [-0.05, 0) is 44.4 Å². The molecule has 0 aromatic heterocycles. The number of nitrogens with one attached hydrogen (secondary N) is 1. The summed E-state index contributed by atoms with van der Waals surface area (Å²) in [5, 5.41) is 2.78. The fourth-order valence-electron chi connectivity index (χ4n) is 1.46. The first kappa shape index (κ1) is 15.0. The van der Waals surface area contributed by atoms with Crippen molar-refractivity contribution in [1.82, 2.24) is 5.32 Å². The number of ether oxygens (including phenoxy) is 1. The Kier molecular flexibility index (Phi) is 5.20. The second-order valence-electron chi connectivity index (χ2n) is 5.34. The molecule has 3 nitrogen and oxygen atoms in total. The van der Waals surface area contributed by atoms with Crippen molar-refractivity contribution >= 4 is 22.0 Å². The van der Waals surface area contributed by atoms with Crippen LogP contribution in [0.15, 0.2) is 28.7 Å². The minimum atomic E-state index is -0.453. The van der Waals surface area contributed by atoms with Gasteiger partial charge in [0.1, 0.15) is 5.60 Å². The average molecular weight is 314 g/mol. The van der Waals surface area contributed by atoms with Crippen LogP contribution in [0.4, 0.5) is 4.79 Å². The maximum atomic E-state index is 11.5. The molecule has 0 spiro atoms. The lowest BCUT2D eigenvalue weighted by Gasteiger charge is -2.21. The Bertz CT molecular complexity index is 395. The van der Waals surface area contributed by atoms with Crippen LogP contribution in [0.5, 0.6) is 0 Å². The van der Waals surface area contributed by atoms with Crippen molar-refractivity contribution < 1.29 is 9.53 Å². The van der Waals surface area contributed by atoms with E-state index in [1.54, 1.807) is 0 Å². The van der Waals surface area contributed by atoms with Crippen LogP contribution in [-0.4, -0.2) is 18.2 Å². The van der Waals surface area contributed by atoms with E-state index in [2.05, 4.69) is 28.2 Å². The highest BCUT2D eigenvalue weighted by Crippen LogP contribution is 2.17. The number of rotatable bonds is 3. The molecule has 4 heteroatoms. The largest absolute Gasteiger partial charge is 0.444 e. The maximum absolute atomic E-state index is 11.5. The van der Waals surface area contributed by atoms with E-state index >= 15 is 0 Å². The van der Waals surface area contributed by atoms with Gasteiger partial charge in [0.2, 0.25) is 0 Å². The van der Waals surface area contributed by atoms with Crippen LogP contribution in [-0.2, 0) is 4.74 Å². The normalized spacial score (nSPS) is 12.9. The standard InChI is InChI=1S/C14H20BrNO2/c1-10(11-5-7-12(15)8-6-11)9-16-13(17)18-14(2,3)4/h5-8,10H,9H2,1-4H3,(H,16,17)/t10-/m0/s1. The summed E-state index contributed by atoms with van der Waals surface area (Å²) in [4.78, 5) is 11.5. The molecule has 1 amide bonds. The molecule has 0 saturated carbocycles. The van der Waals surface area contributed by atoms with Gasteiger partial charge in [-0.3, -0.25) is 0 Å².